The average Bonchev–Trinajstić information content (AvgIpc) is 2.09. The molecule has 3 nitrogen and oxygen atoms in total. The fourth-order valence-electron chi connectivity index (χ4n) is 5.96. The van der Waals surface area contributed by atoms with Gasteiger partial charge in [0.25, 0.3) is 0 Å². The van der Waals surface area contributed by atoms with Gasteiger partial charge in [-0.1, -0.05) is 13.8 Å². The van der Waals surface area contributed by atoms with Crippen LogP contribution in [0.3, 0.4) is 0 Å². The Balaban J connectivity index is 1.87. The number of hydrogen-bond acceptors (Lipinski definition) is 2. The first-order chi connectivity index (χ1) is 8.23. The lowest BCUT2D eigenvalue weighted by Crippen LogP contribution is -2.66. The van der Waals surface area contributed by atoms with Crippen molar-refractivity contribution in [3.8, 4) is 0 Å². The number of nitrogens with two attached hydrogens (primary N) is 1. The van der Waals surface area contributed by atoms with Crippen molar-refractivity contribution >= 4 is 5.91 Å². The minimum absolute atomic E-state index is 0.0316. The molecule has 0 saturated heterocycles. The number of nitrogens with one attached hydrogen (secondary N) is 1. The highest BCUT2D eigenvalue weighted by Gasteiger charge is 2.60. The van der Waals surface area contributed by atoms with Crippen LogP contribution in [-0.4, -0.2) is 17.5 Å². The van der Waals surface area contributed by atoms with Crippen LogP contribution in [-0.2, 0) is 4.79 Å². The Hall–Kier alpha value is -0.570. The van der Waals surface area contributed by atoms with E-state index in [0.29, 0.717) is 10.8 Å². The van der Waals surface area contributed by atoms with Crippen LogP contribution in [0.4, 0.5) is 0 Å². The molecule has 3 unspecified atom stereocenters. The van der Waals surface area contributed by atoms with Gasteiger partial charge in [0.05, 0.1) is 6.04 Å². The Morgan fingerprint density at radius 1 is 1.17 bits per heavy atom. The number of amides is 1. The van der Waals surface area contributed by atoms with E-state index in [2.05, 4.69) is 19.2 Å². The average molecular weight is 250 g/mol. The highest BCUT2D eigenvalue weighted by Crippen LogP contribution is 2.66. The predicted molar refractivity (Wildman–Crippen MR) is 71.9 cm³/mol. The number of hydrogen-bond donors (Lipinski definition) is 2. The summed E-state index contributed by atoms with van der Waals surface area (Å²) >= 11 is 0. The zero-order chi connectivity index (χ0) is 13.2. The van der Waals surface area contributed by atoms with Crippen molar-refractivity contribution in [3.63, 3.8) is 0 Å². The van der Waals surface area contributed by atoms with Gasteiger partial charge in [-0.05, 0) is 62.2 Å². The van der Waals surface area contributed by atoms with Crippen molar-refractivity contribution in [2.24, 2.45) is 22.5 Å². The Morgan fingerprint density at radius 2 is 1.72 bits per heavy atom. The minimum Gasteiger partial charge on any atom is -0.349 e. The van der Waals surface area contributed by atoms with Gasteiger partial charge in [0, 0.05) is 5.54 Å². The van der Waals surface area contributed by atoms with Crippen LogP contribution in [0.15, 0.2) is 0 Å². The zero-order valence-corrected chi connectivity index (χ0v) is 11.9. The Labute approximate surface area is 110 Å². The van der Waals surface area contributed by atoms with Crippen LogP contribution in [0.5, 0.6) is 0 Å². The Kier molecular flexibility index (Phi) is 2.42. The third kappa shape index (κ3) is 1.87. The molecule has 18 heavy (non-hydrogen) atoms. The van der Waals surface area contributed by atoms with Gasteiger partial charge < -0.3 is 11.1 Å². The molecule has 1 amide bonds. The maximum absolute atomic E-state index is 12.0. The largest absolute Gasteiger partial charge is 0.349 e. The lowest BCUT2D eigenvalue weighted by molar-refractivity contribution is -0.140. The predicted octanol–water partition coefficient (Wildman–Crippen LogP) is 2.20. The standard InChI is InChI=1S/C15H26N2O/c1-10(16)12(18)17-15-6-11-4-13(2,8-15)7-14(3,5-11)9-15/h10-11H,4-9,16H2,1-3H3,(H,17,18). The van der Waals surface area contributed by atoms with Crippen LogP contribution < -0.4 is 11.1 Å². The molecule has 4 rings (SSSR count). The lowest BCUT2D eigenvalue weighted by Gasteiger charge is -2.65. The molecule has 3 heteroatoms. The maximum Gasteiger partial charge on any atom is 0.237 e. The Morgan fingerprint density at radius 3 is 2.17 bits per heavy atom. The zero-order valence-electron chi connectivity index (χ0n) is 11.9. The molecule has 102 valence electrons. The summed E-state index contributed by atoms with van der Waals surface area (Å²) in [4.78, 5) is 12.0. The first-order valence-corrected chi connectivity index (χ1v) is 7.31. The van der Waals surface area contributed by atoms with Crippen molar-refractivity contribution in [3.05, 3.63) is 0 Å². The summed E-state index contributed by atoms with van der Waals surface area (Å²) in [7, 11) is 0. The van der Waals surface area contributed by atoms with E-state index >= 15 is 0 Å². The van der Waals surface area contributed by atoms with E-state index in [0.717, 1.165) is 18.8 Å². The number of carbonyl (C=O) groups excluding carboxylic acids is 1. The van der Waals surface area contributed by atoms with Gasteiger partial charge in [0.2, 0.25) is 5.91 Å². The summed E-state index contributed by atoms with van der Waals surface area (Å²) in [6, 6.07) is -0.390. The van der Waals surface area contributed by atoms with Crippen LogP contribution >= 0.6 is 0 Å². The second kappa shape index (κ2) is 3.50. The monoisotopic (exact) mass is 250 g/mol. The fraction of sp³-hybridized carbons (Fsp3) is 0.933. The van der Waals surface area contributed by atoms with Crippen molar-refractivity contribution < 1.29 is 4.79 Å². The van der Waals surface area contributed by atoms with E-state index < -0.39 is 6.04 Å². The van der Waals surface area contributed by atoms with E-state index in [9.17, 15) is 4.79 Å². The molecule has 0 aromatic carbocycles. The molecule has 4 bridgehead atoms. The molecule has 4 aliphatic rings. The smallest absolute Gasteiger partial charge is 0.237 e. The van der Waals surface area contributed by atoms with E-state index in [1.54, 1.807) is 6.92 Å². The lowest BCUT2D eigenvalue weighted by atomic mass is 9.43. The molecular formula is C15H26N2O. The second-order valence-corrected chi connectivity index (χ2v) is 8.19. The highest BCUT2D eigenvalue weighted by molar-refractivity contribution is 5.81. The van der Waals surface area contributed by atoms with Crippen LogP contribution in [0.25, 0.3) is 0 Å². The summed E-state index contributed by atoms with van der Waals surface area (Å²) in [5, 5.41) is 3.31. The van der Waals surface area contributed by atoms with Crippen molar-refractivity contribution in [1.82, 2.24) is 5.32 Å². The molecule has 0 aliphatic heterocycles. The van der Waals surface area contributed by atoms with E-state index in [4.69, 9.17) is 5.73 Å². The van der Waals surface area contributed by atoms with Crippen molar-refractivity contribution in [1.29, 1.82) is 0 Å². The number of carbonyl (C=O) groups is 1. The molecule has 0 aromatic rings. The van der Waals surface area contributed by atoms with Crippen molar-refractivity contribution in [2.45, 2.75) is 70.9 Å². The third-order valence-electron chi connectivity index (χ3n) is 5.43. The van der Waals surface area contributed by atoms with Crippen molar-refractivity contribution in [2.75, 3.05) is 0 Å². The SMILES string of the molecule is CC(N)C(=O)NC12CC3CC(C)(CC(C)(C3)C1)C2. The summed E-state index contributed by atoms with van der Waals surface area (Å²) in [6.45, 7) is 6.62. The van der Waals surface area contributed by atoms with Crippen LogP contribution in [0.2, 0.25) is 0 Å². The molecule has 0 aromatic heterocycles. The molecule has 4 fully saturated rings. The molecule has 4 saturated carbocycles. The Bertz CT molecular complexity index is 372. The van der Waals surface area contributed by atoms with Gasteiger partial charge in [-0.2, -0.15) is 0 Å². The minimum atomic E-state index is -0.390. The summed E-state index contributed by atoms with van der Waals surface area (Å²) in [5.41, 5.74) is 6.66. The molecule has 3 N–H and O–H groups in total. The first kappa shape index (κ1) is 12.5. The molecule has 4 aliphatic carbocycles. The molecule has 0 spiro atoms. The summed E-state index contributed by atoms with van der Waals surface area (Å²) < 4.78 is 0. The number of rotatable bonds is 2. The maximum atomic E-state index is 12.0. The first-order valence-electron chi connectivity index (χ1n) is 7.31. The molecular weight excluding hydrogens is 224 g/mol. The molecule has 0 heterocycles. The van der Waals surface area contributed by atoms with E-state index in [1.165, 1.54) is 25.7 Å². The van der Waals surface area contributed by atoms with Gasteiger partial charge in [0.1, 0.15) is 0 Å². The van der Waals surface area contributed by atoms with Gasteiger partial charge in [-0.15, -0.1) is 0 Å². The third-order valence-corrected chi connectivity index (χ3v) is 5.43. The molecule has 0 radical (unpaired) electrons. The molecule has 3 atom stereocenters. The van der Waals surface area contributed by atoms with Crippen LogP contribution in [0.1, 0.15) is 59.3 Å². The topological polar surface area (TPSA) is 55.1 Å². The van der Waals surface area contributed by atoms with Crippen LogP contribution in [0, 0.1) is 16.7 Å². The van der Waals surface area contributed by atoms with Gasteiger partial charge in [-0.25, -0.2) is 0 Å². The summed E-state index contributed by atoms with van der Waals surface area (Å²) in [6.07, 6.45) is 7.55. The quantitative estimate of drug-likeness (QED) is 0.789. The van der Waals surface area contributed by atoms with Gasteiger partial charge >= 0.3 is 0 Å². The van der Waals surface area contributed by atoms with E-state index in [-0.39, 0.29) is 11.4 Å². The van der Waals surface area contributed by atoms with Gasteiger partial charge in [0.15, 0.2) is 0 Å². The van der Waals surface area contributed by atoms with E-state index in [1.807, 2.05) is 0 Å². The second-order valence-electron chi connectivity index (χ2n) is 8.19. The fourth-order valence-corrected chi connectivity index (χ4v) is 5.96. The summed E-state index contributed by atoms with van der Waals surface area (Å²) in [5.74, 6) is 0.841. The normalized spacial score (nSPS) is 51.2. The van der Waals surface area contributed by atoms with Gasteiger partial charge in [-0.3, -0.25) is 4.79 Å². The highest BCUT2D eigenvalue weighted by atomic mass is 16.2.